The lowest BCUT2D eigenvalue weighted by Crippen LogP contribution is -2.49. The minimum absolute atomic E-state index is 0.0521. The van der Waals surface area contributed by atoms with Crippen molar-refractivity contribution in [2.75, 3.05) is 26.3 Å². The van der Waals surface area contributed by atoms with Crippen molar-refractivity contribution in [2.24, 2.45) is 11.1 Å². The van der Waals surface area contributed by atoms with Crippen molar-refractivity contribution in [1.82, 2.24) is 5.32 Å². The van der Waals surface area contributed by atoms with Crippen molar-refractivity contribution in [2.45, 2.75) is 19.3 Å². The molecule has 6 heteroatoms. The molecular weight excluding hydrogens is 339 g/mol. The normalized spacial score (nSPS) is 17.5. The van der Waals surface area contributed by atoms with E-state index < -0.39 is 5.41 Å². The molecule has 3 N–H and O–H groups in total. The van der Waals surface area contributed by atoms with Gasteiger partial charge in [-0.05, 0) is 43.0 Å². The fraction of sp³-hybridized carbons (Fsp3) is 0.533. The van der Waals surface area contributed by atoms with E-state index in [2.05, 4.69) is 21.2 Å². The molecule has 0 saturated carbocycles. The minimum atomic E-state index is -0.534. The van der Waals surface area contributed by atoms with E-state index in [1.165, 1.54) is 6.07 Å². The summed E-state index contributed by atoms with van der Waals surface area (Å²) in [4.78, 5) is 12.3. The lowest BCUT2D eigenvalue weighted by atomic mass is 9.79. The number of carbonyl (C=O) groups is 1. The summed E-state index contributed by atoms with van der Waals surface area (Å²) in [6.45, 7) is 1.83. The van der Waals surface area contributed by atoms with Gasteiger partial charge in [0.1, 0.15) is 5.82 Å². The van der Waals surface area contributed by atoms with Gasteiger partial charge in [-0.25, -0.2) is 4.39 Å². The van der Waals surface area contributed by atoms with Gasteiger partial charge in [-0.3, -0.25) is 4.79 Å². The third kappa shape index (κ3) is 4.02. The molecule has 1 amide bonds. The third-order valence-electron chi connectivity index (χ3n) is 4.01. The molecule has 116 valence electrons. The van der Waals surface area contributed by atoms with Crippen LogP contribution in [0.15, 0.2) is 22.7 Å². The Kier molecular flexibility index (Phi) is 5.72. The average Bonchev–Trinajstić information content (AvgIpc) is 2.51. The highest BCUT2D eigenvalue weighted by Crippen LogP contribution is 2.29. The van der Waals surface area contributed by atoms with Gasteiger partial charge in [-0.15, -0.1) is 0 Å². The van der Waals surface area contributed by atoms with Crippen LogP contribution in [0.3, 0.4) is 0 Å². The molecule has 1 aliphatic rings. The number of hydrogen-bond donors (Lipinski definition) is 2. The molecule has 1 saturated heterocycles. The minimum Gasteiger partial charge on any atom is -0.381 e. The number of nitrogens with two attached hydrogens (primary N) is 1. The second-order valence-electron chi connectivity index (χ2n) is 5.34. The highest BCUT2D eigenvalue weighted by atomic mass is 79.9. The summed E-state index contributed by atoms with van der Waals surface area (Å²) < 4.78 is 19.7. The van der Waals surface area contributed by atoms with Gasteiger partial charge in [-0.1, -0.05) is 15.9 Å². The summed E-state index contributed by atoms with van der Waals surface area (Å²) in [6, 6.07) is 4.80. The highest BCUT2D eigenvalue weighted by molar-refractivity contribution is 9.10. The number of ether oxygens (including phenoxy) is 1. The van der Waals surface area contributed by atoms with Crippen LogP contribution in [0, 0.1) is 11.2 Å². The molecule has 1 aromatic rings. The second-order valence-corrected chi connectivity index (χ2v) is 6.25. The largest absolute Gasteiger partial charge is 0.381 e. The number of hydrogen-bond acceptors (Lipinski definition) is 3. The Morgan fingerprint density at radius 2 is 2.14 bits per heavy atom. The van der Waals surface area contributed by atoms with Crippen LogP contribution in [-0.4, -0.2) is 32.2 Å². The number of amides is 1. The van der Waals surface area contributed by atoms with Gasteiger partial charge < -0.3 is 15.8 Å². The van der Waals surface area contributed by atoms with Crippen molar-refractivity contribution in [3.05, 3.63) is 34.1 Å². The van der Waals surface area contributed by atoms with Crippen molar-refractivity contribution < 1.29 is 13.9 Å². The Bertz CT molecular complexity index is 504. The summed E-state index contributed by atoms with van der Waals surface area (Å²) in [5.41, 5.74) is 5.83. The SMILES string of the molecule is NCC1(C(=O)NCCc2cc(Br)ccc2F)CCOCC1. The van der Waals surface area contributed by atoms with E-state index in [9.17, 15) is 9.18 Å². The Hall–Kier alpha value is -0.980. The Balaban J connectivity index is 1.90. The maximum absolute atomic E-state index is 13.6. The van der Waals surface area contributed by atoms with Crippen LogP contribution in [0.2, 0.25) is 0 Å². The molecule has 4 nitrogen and oxygen atoms in total. The zero-order valence-corrected chi connectivity index (χ0v) is 13.4. The number of rotatable bonds is 5. The van der Waals surface area contributed by atoms with Gasteiger partial charge in [0, 0.05) is 30.8 Å². The van der Waals surface area contributed by atoms with Crippen molar-refractivity contribution >= 4 is 21.8 Å². The highest BCUT2D eigenvalue weighted by Gasteiger charge is 2.38. The van der Waals surface area contributed by atoms with E-state index in [4.69, 9.17) is 10.5 Å². The lowest BCUT2D eigenvalue weighted by molar-refractivity contribution is -0.135. The van der Waals surface area contributed by atoms with Gasteiger partial charge in [0.15, 0.2) is 0 Å². The van der Waals surface area contributed by atoms with Crippen LogP contribution in [0.1, 0.15) is 18.4 Å². The standard InChI is InChI=1S/C15H20BrFN2O2/c16-12-1-2-13(17)11(9-12)3-6-19-14(20)15(10-18)4-7-21-8-5-15/h1-2,9H,3-8,10,18H2,(H,19,20). The maximum atomic E-state index is 13.6. The zero-order chi connectivity index (χ0) is 15.3. The first-order valence-electron chi connectivity index (χ1n) is 7.07. The average molecular weight is 359 g/mol. The summed E-state index contributed by atoms with van der Waals surface area (Å²) in [5, 5.41) is 2.88. The van der Waals surface area contributed by atoms with Gasteiger partial charge in [-0.2, -0.15) is 0 Å². The van der Waals surface area contributed by atoms with Gasteiger partial charge in [0.05, 0.1) is 5.41 Å². The third-order valence-corrected chi connectivity index (χ3v) is 4.50. The van der Waals surface area contributed by atoms with E-state index in [1.807, 2.05) is 0 Å². The van der Waals surface area contributed by atoms with Gasteiger partial charge in [0.2, 0.25) is 5.91 Å². The first-order chi connectivity index (χ1) is 10.1. The molecule has 1 fully saturated rings. The van der Waals surface area contributed by atoms with E-state index in [1.54, 1.807) is 12.1 Å². The molecule has 2 rings (SSSR count). The predicted molar refractivity (Wildman–Crippen MR) is 82.4 cm³/mol. The van der Waals surface area contributed by atoms with E-state index >= 15 is 0 Å². The first-order valence-corrected chi connectivity index (χ1v) is 7.87. The first kappa shape index (κ1) is 16.4. The van der Waals surface area contributed by atoms with Crippen LogP contribution in [0.5, 0.6) is 0 Å². The predicted octanol–water partition coefficient (Wildman–Crippen LogP) is 2.00. The lowest BCUT2D eigenvalue weighted by Gasteiger charge is -2.34. The van der Waals surface area contributed by atoms with Crippen LogP contribution >= 0.6 is 15.9 Å². The van der Waals surface area contributed by atoms with Gasteiger partial charge in [0.25, 0.3) is 0 Å². The number of halogens is 2. The summed E-state index contributed by atoms with van der Waals surface area (Å²) in [6.07, 6.45) is 1.73. The number of carbonyl (C=O) groups excluding carboxylic acids is 1. The molecule has 0 aliphatic carbocycles. The quantitative estimate of drug-likeness (QED) is 0.845. The molecule has 1 aromatic carbocycles. The summed E-state index contributed by atoms with van der Waals surface area (Å²) >= 11 is 3.32. The van der Waals surface area contributed by atoms with Crippen LogP contribution in [0.25, 0.3) is 0 Å². The monoisotopic (exact) mass is 358 g/mol. The molecule has 0 spiro atoms. The molecule has 0 aromatic heterocycles. The van der Waals surface area contributed by atoms with Crippen LogP contribution in [-0.2, 0) is 16.0 Å². The fourth-order valence-corrected chi connectivity index (χ4v) is 2.93. The second kappa shape index (κ2) is 7.33. The van der Waals surface area contributed by atoms with E-state index in [0.717, 1.165) is 4.47 Å². The Labute approximate surface area is 132 Å². The molecule has 1 aliphatic heterocycles. The van der Waals surface area contributed by atoms with Gasteiger partial charge >= 0.3 is 0 Å². The zero-order valence-electron chi connectivity index (χ0n) is 11.8. The summed E-state index contributed by atoms with van der Waals surface area (Å²) in [5.74, 6) is -0.309. The molecule has 21 heavy (non-hydrogen) atoms. The molecular formula is C15H20BrFN2O2. The van der Waals surface area contributed by atoms with Crippen molar-refractivity contribution in [1.29, 1.82) is 0 Å². The Morgan fingerprint density at radius 3 is 2.81 bits per heavy atom. The molecule has 0 radical (unpaired) electrons. The molecule has 0 bridgehead atoms. The Morgan fingerprint density at radius 1 is 1.43 bits per heavy atom. The molecule has 0 unspecified atom stereocenters. The fourth-order valence-electron chi connectivity index (χ4n) is 2.52. The van der Waals surface area contributed by atoms with E-state index in [-0.39, 0.29) is 11.7 Å². The smallest absolute Gasteiger partial charge is 0.227 e. The molecule has 0 atom stereocenters. The topological polar surface area (TPSA) is 64.4 Å². The number of nitrogens with one attached hydrogen (secondary N) is 1. The molecule has 1 heterocycles. The van der Waals surface area contributed by atoms with E-state index in [0.29, 0.717) is 51.1 Å². The van der Waals surface area contributed by atoms with Crippen LogP contribution in [0.4, 0.5) is 4.39 Å². The number of benzene rings is 1. The van der Waals surface area contributed by atoms with Crippen LogP contribution < -0.4 is 11.1 Å². The van der Waals surface area contributed by atoms with Crippen molar-refractivity contribution in [3.63, 3.8) is 0 Å². The summed E-state index contributed by atoms with van der Waals surface area (Å²) in [7, 11) is 0. The maximum Gasteiger partial charge on any atom is 0.227 e. The van der Waals surface area contributed by atoms with Crippen molar-refractivity contribution in [3.8, 4) is 0 Å².